The van der Waals surface area contributed by atoms with Gasteiger partial charge in [0.15, 0.2) is 0 Å². The van der Waals surface area contributed by atoms with Gasteiger partial charge in [-0.1, -0.05) is 24.6 Å². The van der Waals surface area contributed by atoms with Crippen molar-refractivity contribution in [3.05, 3.63) is 29.3 Å². The fourth-order valence-corrected chi connectivity index (χ4v) is 3.05. The normalized spacial score (nSPS) is 20.8. The lowest BCUT2D eigenvalue weighted by Crippen LogP contribution is -2.53. The van der Waals surface area contributed by atoms with Crippen molar-refractivity contribution in [1.82, 2.24) is 4.90 Å². The molecule has 1 saturated heterocycles. The van der Waals surface area contributed by atoms with Crippen LogP contribution in [0.2, 0.25) is 5.02 Å². The molecule has 1 aromatic rings. The summed E-state index contributed by atoms with van der Waals surface area (Å²) in [5.74, 6) is 0.755. The van der Waals surface area contributed by atoms with Crippen LogP contribution in [0.1, 0.15) is 19.8 Å². The second kappa shape index (κ2) is 7.37. The van der Waals surface area contributed by atoms with E-state index in [-0.39, 0.29) is 0 Å². The number of hydrogen-bond donors (Lipinski definition) is 0. The Labute approximate surface area is 126 Å². The maximum Gasteiger partial charge on any atom is 0.0426 e. The number of hydrogen-bond acceptors (Lipinski definition) is 2. The van der Waals surface area contributed by atoms with E-state index in [0.717, 1.165) is 43.5 Å². The molecule has 19 heavy (non-hydrogen) atoms. The standard InChI is InChI=1S/C15H22Cl2N2/c1-2-14-12-19(10-9-18(14)8-4-7-16)15-6-3-5-13(17)11-15/h3,5-6,11,14H,2,4,7-10,12H2,1H3. The van der Waals surface area contributed by atoms with Crippen LogP contribution in [0.15, 0.2) is 24.3 Å². The number of rotatable bonds is 5. The molecule has 1 aliphatic heterocycles. The van der Waals surface area contributed by atoms with Crippen LogP contribution in [-0.2, 0) is 0 Å². The molecule has 4 heteroatoms. The number of piperazine rings is 1. The molecule has 0 aromatic heterocycles. The average molecular weight is 301 g/mol. The Balaban J connectivity index is 2.00. The van der Waals surface area contributed by atoms with Crippen molar-refractivity contribution in [3.8, 4) is 0 Å². The highest BCUT2D eigenvalue weighted by Gasteiger charge is 2.25. The monoisotopic (exact) mass is 300 g/mol. The largest absolute Gasteiger partial charge is 0.369 e. The summed E-state index contributed by atoms with van der Waals surface area (Å²) in [6.45, 7) is 6.64. The third-order valence-corrected chi connectivity index (χ3v) is 4.33. The van der Waals surface area contributed by atoms with E-state index in [1.54, 1.807) is 0 Å². The van der Waals surface area contributed by atoms with E-state index in [2.05, 4.69) is 28.9 Å². The van der Waals surface area contributed by atoms with Crippen LogP contribution in [0.4, 0.5) is 5.69 Å². The van der Waals surface area contributed by atoms with Crippen LogP contribution in [0, 0.1) is 0 Å². The van der Waals surface area contributed by atoms with Crippen molar-refractivity contribution in [2.45, 2.75) is 25.8 Å². The van der Waals surface area contributed by atoms with Crippen LogP contribution < -0.4 is 4.90 Å². The SMILES string of the molecule is CCC1CN(c2cccc(Cl)c2)CCN1CCCCl. The summed E-state index contributed by atoms with van der Waals surface area (Å²) in [4.78, 5) is 5.01. The zero-order valence-corrected chi connectivity index (χ0v) is 13.0. The Kier molecular flexibility index (Phi) is 5.80. The maximum absolute atomic E-state index is 6.08. The topological polar surface area (TPSA) is 6.48 Å². The summed E-state index contributed by atoms with van der Waals surface area (Å²) in [5.41, 5.74) is 1.24. The van der Waals surface area contributed by atoms with Gasteiger partial charge in [-0.2, -0.15) is 0 Å². The molecule has 0 saturated carbocycles. The Morgan fingerprint density at radius 3 is 2.84 bits per heavy atom. The first-order valence-electron chi connectivity index (χ1n) is 7.05. The molecular formula is C15H22Cl2N2. The second-order valence-electron chi connectivity index (χ2n) is 5.07. The highest BCUT2D eigenvalue weighted by atomic mass is 35.5. The predicted octanol–water partition coefficient (Wildman–Crippen LogP) is 3.87. The van der Waals surface area contributed by atoms with Crippen LogP contribution in [0.3, 0.4) is 0 Å². The van der Waals surface area contributed by atoms with E-state index in [1.807, 2.05) is 12.1 Å². The minimum atomic E-state index is 0.621. The Morgan fingerprint density at radius 2 is 2.16 bits per heavy atom. The van der Waals surface area contributed by atoms with Crippen LogP contribution >= 0.6 is 23.2 Å². The lowest BCUT2D eigenvalue weighted by molar-refractivity contribution is 0.173. The van der Waals surface area contributed by atoms with Gasteiger partial charge in [0.25, 0.3) is 0 Å². The van der Waals surface area contributed by atoms with E-state index >= 15 is 0 Å². The summed E-state index contributed by atoms with van der Waals surface area (Å²) in [6, 6.07) is 8.78. The number of alkyl halides is 1. The highest BCUT2D eigenvalue weighted by molar-refractivity contribution is 6.30. The van der Waals surface area contributed by atoms with Gasteiger partial charge in [-0.05, 0) is 37.6 Å². The third-order valence-electron chi connectivity index (χ3n) is 3.83. The lowest BCUT2D eigenvalue weighted by Gasteiger charge is -2.42. The summed E-state index contributed by atoms with van der Waals surface area (Å²) in [6.07, 6.45) is 2.26. The van der Waals surface area contributed by atoms with Crippen LogP contribution in [0.5, 0.6) is 0 Å². The van der Waals surface area contributed by atoms with Gasteiger partial charge in [-0.3, -0.25) is 4.90 Å². The molecule has 2 rings (SSSR count). The minimum absolute atomic E-state index is 0.621. The zero-order chi connectivity index (χ0) is 13.7. The third kappa shape index (κ3) is 4.01. The van der Waals surface area contributed by atoms with E-state index in [1.165, 1.54) is 12.1 Å². The Hall–Kier alpha value is -0.440. The van der Waals surface area contributed by atoms with Crippen molar-refractivity contribution >= 4 is 28.9 Å². The van der Waals surface area contributed by atoms with Gasteiger partial charge in [0, 0.05) is 42.3 Å². The molecule has 0 amide bonds. The Bertz CT molecular complexity index is 397. The minimum Gasteiger partial charge on any atom is -0.369 e. The van der Waals surface area contributed by atoms with Gasteiger partial charge in [-0.15, -0.1) is 11.6 Å². The molecule has 0 spiro atoms. The highest BCUT2D eigenvalue weighted by Crippen LogP contribution is 2.23. The van der Waals surface area contributed by atoms with Crippen molar-refractivity contribution in [1.29, 1.82) is 0 Å². The average Bonchev–Trinajstić information content (AvgIpc) is 2.45. The van der Waals surface area contributed by atoms with Crippen LogP contribution in [0.25, 0.3) is 0 Å². The van der Waals surface area contributed by atoms with Gasteiger partial charge in [-0.25, -0.2) is 0 Å². The molecule has 0 aliphatic carbocycles. The summed E-state index contributed by atoms with van der Waals surface area (Å²) in [5, 5.41) is 0.815. The summed E-state index contributed by atoms with van der Waals surface area (Å²) in [7, 11) is 0. The maximum atomic E-state index is 6.08. The molecule has 1 atom stereocenters. The van der Waals surface area contributed by atoms with E-state index < -0.39 is 0 Å². The van der Waals surface area contributed by atoms with Gasteiger partial charge >= 0.3 is 0 Å². The number of halogens is 2. The number of anilines is 1. The first-order valence-corrected chi connectivity index (χ1v) is 7.96. The first kappa shape index (κ1) is 15.0. The fraction of sp³-hybridized carbons (Fsp3) is 0.600. The molecule has 2 nitrogen and oxygen atoms in total. The fourth-order valence-electron chi connectivity index (χ4n) is 2.74. The van der Waals surface area contributed by atoms with Crippen molar-refractivity contribution in [3.63, 3.8) is 0 Å². The summed E-state index contributed by atoms with van der Waals surface area (Å²) >= 11 is 11.9. The molecule has 0 radical (unpaired) electrons. The number of benzene rings is 1. The van der Waals surface area contributed by atoms with E-state index in [9.17, 15) is 0 Å². The van der Waals surface area contributed by atoms with Gasteiger partial charge in [0.2, 0.25) is 0 Å². The predicted molar refractivity (Wildman–Crippen MR) is 84.7 cm³/mol. The van der Waals surface area contributed by atoms with Crippen LogP contribution in [-0.4, -0.2) is 43.0 Å². The van der Waals surface area contributed by atoms with Crippen molar-refractivity contribution < 1.29 is 0 Å². The molecule has 1 heterocycles. The van der Waals surface area contributed by atoms with E-state index in [4.69, 9.17) is 23.2 Å². The van der Waals surface area contributed by atoms with Crippen molar-refractivity contribution in [2.75, 3.05) is 37.0 Å². The van der Waals surface area contributed by atoms with Gasteiger partial charge in [0.05, 0.1) is 0 Å². The molecule has 0 N–H and O–H groups in total. The van der Waals surface area contributed by atoms with E-state index in [0.29, 0.717) is 6.04 Å². The number of nitrogens with zero attached hydrogens (tertiary/aromatic N) is 2. The van der Waals surface area contributed by atoms with Gasteiger partial charge < -0.3 is 4.90 Å². The zero-order valence-electron chi connectivity index (χ0n) is 11.5. The van der Waals surface area contributed by atoms with Crippen molar-refractivity contribution in [2.24, 2.45) is 0 Å². The molecular weight excluding hydrogens is 279 g/mol. The molecule has 1 aliphatic rings. The van der Waals surface area contributed by atoms with Gasteiger partial charge in [0.1, 0.15) is 0 Å². The Morgan fingerprint density at radius 1 is 1.32 bits per heavy atom. The lowest BCUT2D eigenvalue weighted by atomic mass is 10.1. The molecule has 1 fully saturated rings. The molecule has 0 bridgehead atoms. The first-order chi connectivity index (χ1) is 9.24. The molecule has 106 valence electrons. The summed E-state index contributed by atoms with van der Waals surface area (Å²) < 4.78 is 0. The quantitative estimate of drug-likeness (QED) is 0.762. The second-order valence-corrected chi connectivity index (χ2v) is 5.88. The molecule has 1 unspecified atom stereocenters. The molecule has 1 aromatic carbocycles. The smallest absolute Gasteiger partial charge is 0.0426 e.